The molecule has 0 amide bonds. The van der Waals surface area contributed by atoms with E-state index in [1.807, 2.05) is 0 Å². The first-order valence-corrected chi connectivity index (χ1v) is 13.4. The molecular weight excluding hydrogens is 396 g/mol. The molecule has 4 heteroatoms. The molecule has 0 fully saturated rings. The highest BCUT2D eigenvalue weighted by molar-refractivity contribution is 6.63. The first-order valence-electron chi connectivity index (χ1n) is 13.0. The fourth-order valence-corrected chi connectivity index (χ4v) is 4.06. The Morgan fingerprint density at radius 2 is 1.03 bits per heavy atom. The normalized spacial score (nSPS) is 12.1. The number of rotatable bonds is 23. The zero-order chi connectivity index (χ0) is 22.3. The Morgan fingerprint density at radius 3 is 1.47 bits per heavy atom. The van der Waals surface area contributed by atoms with Crippen molar-refractivity contribution in [1.29, 1.82) is 0 Å². The van der Waals surface area contributed by atoms with Crippen LogP contribution >= 0.6 is 11.6 Å². The van der Waals surface area contributed by atoms with Gasteiger partial charge in [-0.15, -0.1) is 0 Å². The van der Waals surface area contributed by atoms with Crippen LogP contribution in [-0.4, -0.2) is 17.3 Å². The molecule has 3 nitrogen and oxygen atoms in total. The molecule has 0 rings (SSSR count). The van der Waals surface area contributed by atoms with E-state index in [2.05, 4.69) is 13.8 Å². The standard InChI is InChI=1S/C26H49ClO3/c1-3-5-7-9-11-13-15-17-19-21-24(23-25(27)28)30-26(29)22-20-18-16-14-12-10-8-6-4-2/h24H,3-23H2,1-2H3/t24-/m1/s1. The van der Waals surface area contributed by atoms with E-state index in [9.17, 15) is 9.59 Å². The number of hydrogen-bond donors (Lipinski definition) is 0. The summed E-state index contributed by atoms with van der Waals surface area (Å²) in [6.45, 7) is 4.48. The van der Waals surface area contributed by atoms with Crippen molar-refractivity contribution >= 4 is 22.8 Å². The number of carbonyl (C=O) groups is 2. The number of hydrogen-bond acceptors (Lipinski definition) is 3. The molecule has 0 aliphatic rings. The molecule has 0 radical (unpaired) electrons. The van der Waals surface area contributed by atoms with Gasteiger partial charge in [-0.05, 0) is 30.9 Å². The van der Waals surface area contributed by atoms with Crippen LogP contribution in [0.15, 0.2) is 0 Å². The third-order valence-corrected chi connectivity index (χ3v) is 5.95. The van der Waals surface area contributed by atoms with Gasteiger partial charge in [-0.25, -0.2) is 0 Å². The van der Waals surface area contributed by atoms with Crippen molar-refractivity contribution in [2.75, 3.05) is 0 Å². The SMILES string of the molecule is CCCCCCCCCCCC(=O)O[C@H](CCCCCCCCCCC)CC(=O)Cl. The molecule has 0 aliphatic carbocycles. The van der Waals surface area contributed by atoms with Crippen LogP contribution in [0.1, 0.15) is 149 Å². The summed E-state index contributed by atoms with van der Waals surface area (Å²) in [4.78, 5) is 23.4. The van der Waals surface area contributed by atoms with Crippen molar-refractivity contribution in [2.45, 2.75) is 155 Å². The topological polar surface area (TPSA) is 43.4 Å². The monoisotopic (exact) mass is 444 g/mol. The van der Waals surface area contributed by atoms with E-state index < -0.39 is 5.24 Å². The molecular formula is C26H49ClO3. The summed E-state index contributed by atoms with van der Waals surface area (Å²) in [5.74, 6) is -0.170. The number of unbranched alkanes of at least 4 members (excludes halogenated alkanes) is 16. The summed E-state index contributed by atoms with van der Waals surface area (Å²) >= 11 is 5.56. The van der Waals surface area contributed by atoms with E-state index in [-0.39, 0.29) is 18.5 Å². The molecule has 30 heavy (non-hydrogen) atoms. The van der Waals surface area contributed by atoms with Crippen molar-refractivity contribution < 1.29 is 14.3 Å². The van der Waals surface area contributed by atoms with Crippen molar-refractivity contribution in [1.82, 2.24) is 0 Å². The highest BCUT2D eigenvalue weighted by Crippen LogP contribution is 2.17. The van der Waals surface area contributed by atoms with Gasteiger partial charge in [-0.1, -0.05) is 117 Å². The highest BCUT2D eigenvalue weighted by atomic mass is 35.5. The average Bonchev–Trinajstić information content (AvgIpc) is 2.70. The predicted molar refractivity (Wildman–Crippen MR) is 129 cm³/mol. The largest absolute Gasteiger partial charge is 0.462 e. The number of carbonyl (C=O) groups excluding carboxylic acids is 2. The van der Waals surface area contributed by atoms with Crippen molar-refractivity contribution in [3.8, 4) is 0 Å². The van der Waals surface area contributed by atoms with E-state index in [0.717, 1.165) is 32.1 Å². The fourth-order valence-electron chi connectivity index (χ4n) is 3.89. The Hall–Kier alpha value is -0.570. The van der Waals surface area contributed by atoms with Crippen LogP contribution in [0, 0.1) is 0 Å². The smallest absolute Gasteiger partial charge is 0.306 e. The maximum absolute atomic E-state index is 12.1. The summed E-state index contributed by atoms with van der Waals surface area (Å²) in [5, 5.41) is -0.410. The molecule has 0 saturated heterocycles. The van der Waals surface area contributed by atoms with Crippen molar-refractivity contribution in [3.63, 3.8) is 0 Å². The van der Waals surface area contributed by atoms with Gasteiger partial charge in [0.15, 0.2) is 0 Å². The maximum atomic E-state index is 12.1. The van der Waals surface area contributed by atoms with Gasteiger partial charge >= 0.3 is 5.97 Å². The van der Waals surface area contributed by atoms with Crippen LogP contribution < -0.4 is 0 Å². The van der Waals surface area contributed by atoms with Crippen LogP contribution in [-0.2, 0) is 14.3 Å². The molecule has 0 aromatic heterocycles. The Morgan fingerprint density at radius 1 is 0.633 bits per heavy atom. The second-order valence-electron chi connectivity index (χ2n) is 8.87. The molecule has 0 saturated carbocycles. The van der Waals surface area contributed by atoms with Gasteiger partial charge in [-0.3, -0.25) is 9.59 Å². The number of halogens is 1. The second kappa shape index (κ2) is 23.1. The lowest BCUT2D eigenvalue weighted by Gasteiger charge is -2.16. The molecule has 0 heterocycles. The fraction of sp³-hybridized carbons (Fsp3) is 0.923. The maximum Gasteiger partial charge on any atom is 0.306 e. The summed E-state index contributed by atoms with van der Waals surface area (Å²) in [6.07, 6.45) is 23.3. The molecule has 1 atom stereocenters. The second-order valence-corrected chi connectivity index (χ2v) is 9.29. The van der Waals surface area contributed by atoms with Gasteiger partial charge in [0.05, 0.1) is 6.42 Å². The summed E-state index contributed by atoms with van der Waals surface area (Å²) in [7, 11) is 0. The van der Waals surface area contributed by atoms with E-state index in [1.165, 1.54) is 89.9 Å². The van der Waals surface area contributed by atoms with Gasteiger partial charge in [0.2, 0.25) is 5.24 Å². The van der Waals surface area contributed by atoms with Crippen molar-refractivity contribution in [2.24, 2.45) is 0 Å². The van der Waals surface area contributed by atoms with Gasteiger partial charge in [0.25, 0.3) is 0 Å². The van der Waals surface area contributed by atoms with E-state index in [0.29, 0.717) is 6.42 Å². The zero-order valence-corrected chi connectivity index (χ0v) is 20.8. The lowest BCUT2D eigenvalue weighted by Crippen LogP contribution is -2.20. The Labute approximate surface area is 192 Å². The summed E-state index contributed by atoms with van der Waals surface area (Å²) < 4.78 is 5.56. The lowest BCUT2D eigenvalue weighted by molar-refractivity contribution is -0.150. The van der Waals surface area contributed by atoms with E-state index in [1.54, 1.807) is 0 Å². The van der Waals surface area contributed by atoms with E-state index in [4.69, 9.17) is 16.3 Å². The molecule has 0 spiro atoms. The quantitative estimate of drug-likeness (QED) is 0.0896. The third kappa shape index (κ3) is 22.1. The molecule has 0 N–H and O–H groups in total. The van der Waals surface area contributed by atoms with Gasteiger partial charge in [0, 0.05) is 6.42 Å². The zero-order valence-electron chi connectivity index (χ0n) is 20.0. The Balaban J connectivity index is 3.75. The average molecular weight is 445 g/mol. The third-order valence-electron chi connectivity index (χ3n) is 5.80. The van der Waals surface area contributed by atoms with Crippen LogP contribution in [0.4, 0.5) is 0 Å². The minimum atomic E-state index is -0.410. The van der Waals surface area contributed by atoms with Crippen LogP contribution in [0.3, 0.4) is 0 Å². The summed E-state index contributed by atoms with van der Waals surface area (Å²) in [5.41, 5.74) is 0. The minimum absolute atomic E-state index is 0.141. The van der Waals surface area contributed by atoms with Crippen LogP contribution in [0.25, 0.3) is 0 Å². The molecule has 178 valence electrons. The van der Waals surface area contributed by atoms with Crippen LogP contribution in [0.2, 0.25) is 0 Å². The predicted octanol–water partition coefficient (Wildman–Crippen LogP) is 8.90. The Bertz CT molecular complexity index is 398. The minimum Gasteiger partial charge on any atom is -0.462 e. The first kappa shape index (κ1) is 29.4. The molecule has 0 aliphatic heterocycles. The summed E-state index contributed by atoms with van der Waals surface area (Å²) in [6, 6.07) is 0. The van der Waals surface area contributed by atoms with Crippen molar-refractivity contribution in [3.05, 3.63) is 0 Å². The van der Waals surface area contributed by atoms with Gasteiger partial charge < -0.3 is 4.74 Å². The lowest BCUT2D eigenvalue weighted by atomic mass is 10.0. The Kier molecular flexibility index (Phi) is 22.7. The molecule has 0 aromatic rings. The number of esters is 1. The van der Waals surface area contributed by atoms with Gasteiger partial charge in [-0.2, -0.15) is 0 Å². The molecule has 0 bridgehead atoms. The highest BCUT2D eigenvalue weighted by Gasteiger charge is 2.17. The van der Waals surface area contributed by atoms with E-state index >= 15 is 0 Å². The first-order chi connectivity index (χ1) is 14.6. The van der Waals surface area contributed by atoms with Gasteiger partial charge in [0.1, 0.15) is 6.10 Å². The molecule has 0 unspecified atom stereocenters. The van der Waals surface area contributed by atoms with Crippen LogP contribution in [0.5, 0.6) is 0 Å². The molecule has 0 aromatic carbocycles. The number of ether oxygens (including phenoxy) is 1.